The number of nitrogens with zero attached hydrogens (tertiary/aromatic N) is 5. The number of nitrogens with one attached hydrogen (secondary N) is 1. The lowest BCUT2D eigenvalue weighted by Gasteiger charge is -2.38. The van der Waals surface area contributed by atoms with Crippen molar-refractivity contribution in [3.8, 4) is 6.07 Å². The highest BCUT2D eigenvalue weighted by atomic mass is 19.4. The highest BCUT2D eigenvalue weighted by Gasteiger charge is 2.41. The number of aromatic nitrogens is 3. The van der Waals surface area contributed by atoms with Crippen LogP contribution in [0.25, 0.3) is 0 Å². The van der Waals surface area contributed by atoms with Gasteiger partial charge in [0.2, 0.25) is 5.95 Å². The van der Waals surface area contributed by atoms with Gasteiger partial charge in [-0.05, 0) is 61.2 Å². The predicted octanol–water partition coefficient (Wildman–Crippen LogP) is 5.07. The fourth-order valence-corrected chi connectivity index (χ4v) is 6.13. The molecular weight excluding hydrogens is 561 g/mol. The van der Waals surface area contributed by atoms with Gasteiger partial charge >= 0.3 is 17.8 Å². The molecule has 226 valence electrons. The SMILES string of the molecule is COC(=O)C1=C(C)N(c2cccc(C(F)(F)F)c2)c2n[nH]c(=O)n2[C@@H]1c1ccc(C#N)cc1CC[N+](C)(C)CC1CCC1. The van der Waals surface area contributed by atoms with Crippen molar-refractivity contribution in [1.82, 2.24) is 14.8 Å². The highest BCUT2D eigenvalue weighted by molar-refractivity contribution is 5.93. The Bertz CT molecular complexity index is 1680. The van der Waals surface area contributed by atoms with Gasteiger partial charge in [-0.15, -0.1) is 5.10 Å². The number of hydrogen-bond acceptors (Lipinski definition) is 6. The number of esters is 1. The molecule has 1 saturated carbocycles. The molecule has 1 atom stereocenters. The number of alkyl halides is 3. The molecule has 2 heterocycles. The first kappa shape index (κ1) is 30.1. The van der Waals surface area contributed by atoms with Gasteiger partial charge in [-0.2, -0.15) is 18.4 Å². The summed E-state index contributed by atoms with van der Waals surface area (Å²) in [6.07, 6.45) is -0.347. The normalized spacial score (nSPS) is 17.3. The summed E-state index contributed by atoms with van der Waals surface area (Å²) in [5, 5.41) is 16.3. The van der Waals surface area contributed by atoms with Crippen LogP contribution in [-0.4, -0.2) is 59.5 Å². The Morgan fingerprint density at radius 2 is 1.95 bits per heavy atom. The molecule has 1 fully saturated rings. The number of nitriles is 1. The number of benzene rings is 2. The van der Waals surface area contributed by atoms with E-state index in [4.69, 9.17) is 4.74 Å². The van der Waals surface area contributed by atoms with Crippen molar-refractivity contribution in [3.05, 3.63) is 86.5 Å². The van der Waals surface area contributed by atoms with E-state index in [1.165, 1.54) is 48.0 Å². The van der Waals surface area contributed by atoms with Gasteiger partial charge in [0.15, 0.2) is 0 Å². The average Bonchev–Trinajstić information content (AvgIpc) is 3.33. The van der Waals surface area contributed by atoms with Gasteiger partial charge in [0, 0.05) is 23.7 Å². The van der Waals surface area contributed by atoms with E-state index in [1.54, 1.807) is 25.1 Å². The number of allylic oxidation sites excluding steroid dienone is 1. The summed E-state index contributed by atoms with van der Waals surface area (Å²) >= 11 is 0. The summed E-state index contributed by atoms with van der Waals surface area (Å²) in [6.45, 7) is 3.37. The first-order valence-electron chi connectivity index (χ1n) is 14.1. The average molecular weight is 596 g/mol. The Kier molecular flexibility index (Phi) is 7.96. The minimum atomic E-state index is -4.61. The number of anilines is 2. The van der Waals surface area contributed by atoms with Crippen LogP contribution in [0.5, 0.6) is 0 Å². The van der Waals surface area contributed by atoms with E-state index in [2.05, 4.69) is 30.4 Å². The number of fused-ring (bicyclic) bond motifs is 1. The third-order valence-corrected chi connectivity index (χ3v) is 8.51. The number of ether oxygens (including phenoxy) is 1. The Hall–Kier alpha value is -4.37. The van der Waals surface area contributed by atoms with Crippen molar-refractivity contribution >= 4 is 17.6 Å². The summed E-state index contributed by atoms with van der Waals surface area (Å²) in [6, 6.07) is 10.9. The van der Waals surface area contributed by atoms with E-state index in [1.807, 2.05) is 0 Å². The molecule has 0 bridgehead atoms. The molecule has 0 radical (unpaired) electrons. The molecule has 3 aromatic rings. The first-order chi connectivity index (χ1) is 20.3. The summed E-state index contributed by atoms with van der Waals surface area (Å²) in [7, 11) is 5.55. The highest BCUT2D eigenvalue weighted by Crippen LogP contribution is 2.43. The van der Waals surface area contributed by atoms with Gasteiger partial charge in [0.1, 0.15) is 6.04 Å². The third kappa shape index (κ3) is 5.82. The second-order valence-corrected chi connectivity index (χ2v) is 11.9. The van der Waals surface area contributed by atoms with E-state index in [-0.39, 0.29) is 22.9 Å². The van der Waals surface area contributed by atoms with E-state index in [9.17, 15) is 28.0 Å². The smallest absolute Gasteiger partial charge is 0.416 e. The van der Waals surface area contributed by atoms with Crippen LogP contribution in [0.4, 0.5) is 24.8 Å². The van der Waals surface area contributed by atoms with Crippen LogP contribution in [0.2, 0.25) is 0 Å². The number of methoxy groups -OCH3 is 1. The number of carbonyl (C=O) groups excluding carboxylic acids is 1. The number of likely N-dealkylation sites (N-methyl/N-ethyl adjacent to an activating group) is 1. The van der Waals surface area contributed by atoms with Crippen LogP contribution in [0.1, 0.15) is 54.5 Å². The Labute approximate surface area is 247 Å². The number of halogens is 3. The molecule has 1 aliphatic heterocycles. The molecule has 2 aliphatic rings. The van der Waals surface area contributed by atoms with Crippen molar-refractivity contribution in [3.63, 3.8) is 0 Å². The van der Waals surface area contributed by atoms with Gasteiger partial charge in [-0.1, -0.05) is 18.6 Å². The van der Waals surface area contributed by atoms with Crippen LogP contribution < -0.4 is 10.6 Å². The Morgan fingerprint density at radius 1 is 1.21 bits per heavy atom. The monoisotopic (exact) mass is 595 g/mol. The molecule has 0 saturated heterocycles. The Balaban J connectivity index is 1.66. The maximum absolute atomic E-state index is 13.6. The molecule has 12 heteroatoms. The summed E-state index contributed by atoms with van der Waals surface area (Å²) in [5.41, 5.74) is 0.694. The molecule has 0 amide bonds. The molecule has 5 rings (SSSR count). The van der Waals surface area contributed by atoms with E-state index in [0.717, 1.165) is 35.3 Å². The van der Waals surface area contributed by atoms with Gasteiger partial charge in [0.25, 0.3) is 0 Å². The summed E-state index contributed by atoms with van der Waals surface area (Å²) < 4.78 is 48.1. The van der Waals surface area contributed by atoms with E-state index < -0.39 is 29.4 Å². The third-order valence-electron chi connectivity index (χ3n) is 8.51. The number of carbonyl (C=O) groups is 1. The van der Waals surface area contributed by atoms with Crippen molar-refractivity contribution in [1.29, 1.82) is 5.26 Å². The fraction of sp³-hybridized carbons (Fsp3) is 0.419. The van der Waals surface area contributed by atoms with Crippen LogP contribution in [0, 0.1) is 17.2 Å². The molecule has 2 aromatic carbocycles. The maximum Gasteiger partial charge on any atom is 0.416 e. The van der Waals surface area contributed by atoms with Crippen LogP contribution in [-0.2, 0) is 22.1 Å². The van der Waals surface area contributed by atoms with Crippen molar-refractivity contribution < 1.29 is 27.2 Å². The second-order valence-electron chi connectivity index (χ2n) is 11.9. The lowest BCUT2D eigenvalue weighted by Crippen LogP contribution is -2.46. The van der Waals surface area contributed by atoms with Crippen molar-refractivity contribution in [2.75, 3.05) is 39.2 Å². The van der Waals surface area contributed by atoms with Crippen molar-refractivity contribution in [2.24, 2.45) is 5.92 Å². The standard InChI is InChI=1S/C31H33F3N6O3/c1-19-26(28(41)43-4)27(25-12-11-21(17-35)15-22(25)13-14-40(2,3)18-20-7-5-8-20)39-29(36-37-30(39)42)38(19)24-10-6-9-23(16-24)31(32,33)34/h6,9-12,15-16,20,27H,5,7-8,13-14,18H2,1-4H3/p+1/t27-/m1/s1. The lowest BCUT2D eigenvalue weighted by molar-refractivity contribution is -0.894. The minimum Gasteiger partial charge on any atom is -0.466 e. The number of hydrogen-bond donors (Lipinski definition) is 1. The zero-order valence-corrected chi connectivity index (χ0v) is 24.5. The maximum atomic E-state index is 13.6. The number of aromatic amines is 1. The predicted molar refractivity (Wildman–Crippen MR) is 153 cm³/mol. The quantitative estimate of drug-likeness (QED) is 0.288. The van der Waals surface area contributed by atoms with Crippen molar-refractivity contribution in [2.45, 2.75) is 44.8 Å². The molecule has 9 nitrogen and oxygen atoms in total. The molecule has 1 N–H and O–H groups in total. The van der Waals surface area contributed by atoms with Crippen LogP contribution in [0.3, 0.4) is 0 Å². The zero-order valence-electron chi connectivity index (χ0n) is 24.5. The largest absolute Gasteiger partial charge is 0.466 e. The topological polar surface area (TPSA) is 104 Å². The van der Waals surface area contributed by atoms with Crippen LogP contribution >= 0.6 is 0 Å². The molecule has 0 unspecified atom stereocenters. The molecule has 1 aliphatic carbocycles. The second kappa shape index (κ2) is 11.4. The number of quaternary nitrogens is 1. The zero-order chi connectivity index (χ0) is 31.1. The minimum absolute atomic E-state index is 0.0240. The fourth-order valence-electron chi connectivity index (χ4n) is 6.13. The van der Waals surface area contributed by atoms with Gasteiger partial charge in [-0.3, -0.25) is 4.90 Å². The lowest BCUT2D eigenvalue weighted by atomic mass is 9.84. The number of H-pyrrole nitrogens is 1. The molecule has 1 aromatic heterocycles. The molecular formula is C31H34F3N6O3+. The Morgan fingerprint density at radius 3 is 2.58 bits per heavy atom. The molecule has 43 heavy (non-hydrogen) atoms. The van der Waals surface area contributed by atoms with Gasteiger partial charge < -0.3 is 9.22 Å². The summed E-state index contributed by atoms with van der Waals surface area (Å²) in [4.78, 5) is 28.1. The van der Waals surface area contributed by atoms with E-state index in [0.29, 0.717) is 23.5 Å². The summed E-state index contributed by atoms with van der Waals surface area (Å²) in [5.74, 6) is -0.0332. The van der Waals surface area contributed by atoms with Gasteiger partial charge in [-0.25, -0.2) is 19.3 Å². The van der Waals surface area contributed by atoms with E-state index >= 15 is 0 Å². The first-order valence-corrected chi connectivity index (χ1v) is 14.1. The van der Waals surface area contributed by atoms with Gasteiger partial charge in [0.05, 0.1) is 57.1 Å². The van der Waals surface area contributed by atoms with Crippen LogP contribution in [0.15, 0.2) is 58.5 Å². The number of rotatable bonds is 8. The molecule has 0 spiro atoms.